The highest BCUT2D eigenvalue weighted by atomic mass is 32.1. The number of amides is 1. The minimum atomic E-state index is -0.456. The summed E-state index contributed by atoms with van der Waals surface area (Å²) < 4.78 is 4.66. The Morgan fingerprint density at radius 2 is 1.90 bits per heavy atom. The summed E-state index contributed by atoms with van der Waals surface area (Å²) in [5.41, 5.74) is 2.57. The van der Waals surface area contributed by atoms with E-state index in [2.05, 4.69) is 10.1 Å². The highest BCUT2D eigenvalue weighted by Crippen LogP contribution is 2.23. The van der Waals surface area contributed by atoms with Crippen molar-refractivity contribution >= 4 is 35.0 Å². The van der Waals surface area contributed by atoms with Crippen molar-refractivity contribution in [3.05, 3.63) is 57.8 Å². The molecule has 1 aromatic heterocycles. The van der Waals surface area contributed by atoms with Gasteiger partial charge in [-0.15, -0.1) is 11.3 Å². The minimum Gasteiger partial charge on any atom is -0.465 e. The van der Waals surface area contributed by atoms with Gasteiger partial charge in [0.15, 0.2) is 0 Å². The monoisotopic (exact) mass is 301 g/mol. The first-order valence-corrected chi connectivity index (χ1v) is 7.19. The average Bonchev–Trinajstić information content (AvgIpc) is 2.94. The molecule has 2 aromatic rings. The number of ether oxygens (including phenoxy) is 1. The Morgan fingerprint density at radius 1 is 1.19 bits per heavy atom. The molecule has 1 heterocycles. The van der Waals surface area contributed by atoms with Gasteiger partial charge in [-0.2, -0.15) is 0 Å². The highest BCUT2D eigenvalue weighted by Gasteiger charge is 2.14. The van der Waals surface area contributed by atoms with Crippen molar-refractivity contribution in [2.45, 2.75) is 6.92 Å². The number of benzene rings is 1. The van der Waals surface area contributed by atoms with Crippen molar-refractivity contribution in [1.82, 2.24) is 0 Å². The zero-order valence-corrected chi connectivity index (χ0v) is 12.6. The van der Waals surface area contributed by atoms with Crippen molar-refractivity contribution in [3.63, 3.8) is 0 Å². The van der Waals surface area contributed by atoms with Crippen molar-refractivity contribution in [2.24, 2.45) is 0 Å². The lowest BCUT2D eigenvalue weighted by molar-refractivity contribution is -0.111. The number of anilines is 1. The second-order valence-corrected chi connectivity index (χ2v) is 5.30. The molecule has 5 heteroatoms. The fourth-order valence-electron chi connectivity index (χ4n) is 1.68. The van der Waals surface area contributed by atoms with E-state index >= 15 is 0 Å². The Balaban J connectivity index is 2.03. The molecule has 0 fully saturated rings. The van der Waals surface area contributed by atoms with E-state index in [0.717, 1.165) is 11.1 Å². The normalized spacial score (nSPS) is 10.6. The molecule has 0 unspecified atom stereocenters. The standard InChI is InChI=1S/C16H15NO3S/c1-11-3-5-12(6-4-11)7-8-14(18)17-13-9-10-21-15(13)16(19)20-2/h3-10H,1-2H3,(H,17,18)/b8-7-. The van der Waals surface area contributed by atoms with Crippen LogP contribution in [-0.4, -0.2) is 19.0 Å². The minimum absolute atomic E-state index is 0.292. The lowest BCUT2D eigenvalue weighted by Gasteiger charge is -2.02. The van der Waals surface area contributed by atoms with Gasteiger partial charge in [0, 0.05) is 6.08 Å². The van der Waals surface area contributed by atoms with Crippen LogP contribution in [0, 0.1) is 6.92 Å². The fraction of sp³-hybridized carbons (Fsp3) is 0.125. The Labute approximate surface area is 127 Å². The van der Waals surface area contributed by atoms with Gasteiger partial charge in [-0.05, 0) is 30.0 Å². The molecule has 1 aromatic carbocycles. The van der Waals surface area contributed by atoms with Crippen LogP contribution in [0.25, 0.3) is 6.08 Å². The Bertz CT molecular complexity index is 671. The number of methoxy groups -OCH3 is 1. The molecule has 0 saturated carbocycles. The number of nitrogens with one attached hydrogen (secondary N) is 1. The summed E-state index contributed by atoms with van der Waals surface area (Å²) in [5.74, 6) is -0.748. The molecule has 21 heavy (non-hydrogen) atoms. The van der Waals surface area contributed by atoms with Crippen molar-refractivity contribution < 1.29 is 14.3 Å². The third-order valence-electron chi connectivity index (χ3n) is 2.80. The van der Waals surface area contributed by atoms with E-state index in [1.54, 1.807) is 17.5 Å². The topological polar surface area (TPSA) is 55.4 Å². The molecule has 0 aliphatic heterocycles. The summed E-state index contributed by atoms with van der Waals surface area (Å²) >= 11 is 1.23. The quantitative estimate of drug-likeness (QED) is 0.694. The summed E-state index contributed by atoms with van der Waals surface area (Å²) in [5, 5.41) is 4.40. The highest BCUT2D eigenvalue weighted by molar-refractivity contribution is 7.12. The summed E-state index contributed by atoms with van der Waals surface area (Å²) in [6, 6.07) is 9.50. The summed E-state index contributed by atoms with van der Waals surface area (Å²) in [7, 11) is 1.31. The van der Waals surface area contributed by atoms with Crippen LogP contribution in [0.2, 0.25) is 0 Å². The summed E-state index contributed by atoms with van der Waals surface area (Å²) in [4.78, 5) is 23.8. The zero-order chi connectivity index (χ0) is 15.2. The Hall–Kier alpha value is -2.40. The molecule has 108 valence electrons. The van der Waals surface area contributed by atoms with Crippen LogP contribution in [0.15, 0.2) is 41.8 Å². The van der Waals surface area contributed by atoms with E-state index < -0.39 is 5.97 Å². The first-order chi connectivity index (χ1) is 10.1. The lowest BCUT2D eigenvalue weighted by Crippen LogP contribution is -2.10. The molecule has 0 atom stereocenters. The second kappa shape index (κ2) is 6.85. The van der Waals surface area contributed by atoms with E-state index in [4.69, 9.17) is 0 Å². The van der Waals surface area contributed by atoms with Gasteiger partial charge in [-0.1, -0.05) is 29.8 Å². The van der Waals surface area contributed by atoms with Crippen LogP contribution < -0.4 is 5.32 Å². The number of hydrogen-bond acceptors (Lipinski definition) is 4. The van der Waals surface area contributed by atoms with Gasteiger partial charge in [-0.3, -0.25) is 4.79 Å². The number of rotatable bonds is 4. The van der Waals surface area contributed by atoms with E-state index in [9.17, 15) is 9.59 Å². The number of thiophene rings is 1. The number of hydrogen-bond donors (Lipinski definition) is 1. The van der Waals surface area contributed by atoms with E-state index in [1.165, 1.54) is 24.5 Å². The van der Waals surface area contributed by atoms with Crippen molar-refractivity contribution in [2.75, 3.05) is 12.4 Å². The molecule has 1 N–H and O–H groups in total. The molecular formula is C16H15NO3S. The molecule has 0 spiro atoms. The van der Waals surface area contributed by atoms with Gasteiger partial charge < -0.3 is 10.1 Å². The van der Waals surface area contributed by atoms with Crippen LogP contribution in [0.5, 0.6) is 0 Å². The van der Waals surface area contributed by atoms with Crippen LogP contribution in [0.4, 0.5) is 5.69 Å². The van der Waals surface area contributed by atoms with Crippen LogP contribution in [-0.2, 0) is 9.53 Å². The van der Waals surface area contributed by atoms with Gasteiger partial charge in [-0.25, -0.2) is 4.79 Å². The molecule has 0 saturated heterocycles. The average molecular weight is 301 g/mol. The largest absolute Gasteiger partial charge is 0.465 e. The van der Waals surface area contributed by atoms with Crippen molar-refractivity contribution in [1.29, 1.82) is 0 Å². The van der Waals surface area contributed by atoms with Crippen LogP contribution in [0.1, 0.15) is 20.8 Å². The maximum Gasteiger partial charge on any atom is 0.350 e. The zero-order valence-electron chi connectivity index (χ0n) is 11.8. The smallest absolute Gasteiger partial charge is 0.350 e. The Kier molecular flexibility index (Phi) is 4.90. The number of carbonyl (C=O) groups excluding carboxylic acids is 2. The molecule has 0 aliphatic carbocycles. The predicted molar refractivity (Wildman–Crippen MR) is 84.5 cm³/mol. The van der Waals surface area contributed by atoms with Gasteiger partial charge in [0.2, 0.25) is 5.91 Å². The predicted octanol–water partition coefficient (Wildman–Crippen LogP) is 3.50. The van der Waals surface area contributed by atoms with Gasteiger partial charge >= 0.3 is 5.97 Å². The molecule has 4 nitrogen and oxygen atoms in total. The molecule has 0 bridgehead atoms. The number of esters is 1. The fourth-order valence-corrected chi connectivity index (χ4v) is 2.45. The second-order valence-electron chi connectivity index (χ2n) is 4.39. The summed E-state index contributed by atoms with van der Waals surface area (Å²) in [6.45, 7) is 2.01. The lowest BCUT2D eigenvalue weighted by atomic mass is 10.1. The molecule has 0 radical (unpaired) electrons. The maximum absolute atomic E-state index is 11.9. The van der Waals surface area contributed by atoms with E-state index in [0.29, 0.717) is 10.6 Å². The summed E-state index contributed by atoms with van der Waals surface area (Å²) in [6.07, 6.45) is 3.16. The van der Waals surface area contributed by atoms with Crippen molar-refractivity contribution in [3.8, 4) is 0 Å². The van der Waals surface area contributed by atoms with E-state index in [-0.39, 0.29) is 5.91 Å². The SMILES string of the molecule is COC(=O)c1sccc1NC(=O)/C=C\c1ccc(C)cc1. The first kappa shape index (κ1) is 15.0. The molecule has 2 rings (SSSR count). The van der Waals surface area contributed by atoms with E-state index in [1.807, 2.05) is 31.2 Å². The molecule has 1 amide bonds. The third-order valence-corrected chi connectivity index (χ3v) is 3.69. The molecular weight excluding hydrogens is 286 g/mol. The first-order valence-electron chi connectivity index (χ1n) is 6.31. The van der Waals surface area contributed by atoms with Gasteiger partial charge in [0.05, 0.1) is 12.8 Å². The third kappa shape index (κ3) is 4.03. The Morgan fingerprint density at radius 3 is 2.57 bits per heavy atom. The number of carbonyl (C=O) groups is 2. The maximum atomic E-state index is 11.9. The molecule has 0 aliphatic rings. The van der Waals surface area contributed by atoms with Crippen LogP contribution >= 0.6 is 11.3 Å². The number of aryl methyl sites for hydroxylation is 1. The van der Waals surface area contributed by atoms with Gasteiger partial charge in [0.25, 0.3) is 0 Å². The van der Waals surface area contributed by atoms with Gasteiger partial charge in [0.1, 0.15) is 4.88 Å². The van der Waals surface area contributed by atoms with Crippen LogP contribution in [0.3, 0.4) is 0 Å².